The lowest BCUT2D eigenvalue weighted by Crippen LogP contribution is -2.10. The normalized spacial score (nSPS) is 16.6. The number of fused-ring (bicyclic) bond motifs is 1. The Morgan fingerprint density at radius 1 is 1.10 bits per heavy atom. The van der Waals surface area contributed by atoms with E-state index in [9.17, 15) is 0 Å². The van der Waals surface area contributed by atoms with Gasteiger partial charge in [0.1, 0.15) is 11.5 Å². The van der Waals surface area contributed by atoms with Gasteiger partial charge in [0.2, 0.25) is 0 Å². The third kappa shape index (κ3) is 2.43. The van der Waals surface area contributed by atoms with E-state index in [-0.39, 0.29) is 0 Å². The quantitative estimate of drug-likeness (QED) is 0.922. The monoisotopic (exact) mass is 287 g/mol. The fourth-order valence-corrected chi connectivity index (χ4v) is 3.55. The number of methoxy groups -OCH3 is 2. The van der Waals surface area contributed by atoms with E-state index in [0.29, 0.717) is 6.04 Å². The standard InChI is InChI=1S/C16H17NO2S/c1-18-11-7-8-13(15(9-11)19-2)17-14-10-20-16-6-4-3-5-12(14)16/h3-9,14,17H,10H2,1-2H3. The van der Waals surface area contributed by atoms with E-state index in [4.69, 9.17) is 9.47 Å². The van der Waals surface area contributed by atoms with Crippen molar-refractivity contribution in [1.29, 1.82) is 0 Å². The summed E-state index contributed by atoms with van der Waals surface area (Å²) < 4.78 is 10.7. The highest BCUT2D eigenvalue weighted by molar-refractivity contribution is 7.99. The van der Waals surface area contributed by atoms with Crippen molar-refractivity contribution in [2.45, 2.75) is 10.9 Å². The fourth-order valence-electron chi connectivity index (χ4n) is 2.39. The van der Waals surface area contributed by atoms with Gasteiger partial charge in [0.25, 0.3) is 0 Å². The zero-order chi connectivity index (χ0) is 13.9. The predicted molar refractivity (Wildman–Crippen MR) is 83.1 cm³/mol. The van der Waals surface area contributed by atoms with Gasteiger partial charge < -0.3 is 14.8 Å². The molecule has 0 saturated carbocycles. The van der Waals surface area contributed by atoms with E-state index >= 15 is 0 Å². The average molecular weight is 287 g/mol. The number of benzene rings is 2. The molecule has 0 saturated heterocycles. The van der Waals surface area contributed by atoms with Gasteiger partial charge >= 0.3 is 0 Å². The second kappa shape index (κ2) is 5.67. The number of hydrogen-bond donors (Lipinski definition) is 1. The van der Waals surface area contributed by atoms with Gasteiger partial charge in [-0.1, -0.05) is 18.2 Å². The summed E-state index contributed by atoms with van der Waals surface area (Å²) in [6, 6.07) is 14.7. The highest BCUT2D eigenvalue weighted by Gasteiger charge is 2.23. The molecule has 3 rings (SSSR count). The minimum absolute atomic E-state index is 0.318. The van der Waals surface area contributed by atoms with Gasteiger partial charge in [-0.2, -0.15) is 0 Å². The molecule has 0 fully saturated rings. The average Bonchev–Trinajstić information content (AvgIpc) is 2.91. The van der Waals surface area contributed by atoms with E-state index in [1.54, 1.807) is 14.2 Å². The molecule has 1 atom stereocenters. The van der Waals surface area contributed by atoms with Crippen molar-refractivity contribution in [3.8, 4) is 11.5 Å². The Kier molecular flexibility index (Phi) is 3.74. The maximum atomic E-state index is 5.44. The van der Waals surface area contributed by atoms with E-state index < -0.39 is 0 Å². The van der Waals surface area contributed by atoms with Gasteiger partial charge in [-0.25, -0.2) is 0 Å². The lowest BCUT2D eigenvalue weighted by Gasteiger charge is -2.17. The Labute approximate surface area is 123 Å². The highest BCUT2D eigenvalue weighted by Crippen LogP contribution is 2.41. The first-order chi connectivity index (χ1) is 9.81. The molecule has 1 aliphatic rings. The van der Waals surface area contributed by atoms with Gasteiger partial charge in [0.15, 0.2) is 0 Å². The van der Waals surface area contributed by atoms with Crippen LogP contribution < -0.4 is 14.8 Å². The molecule has 2 aromatic carbocycles. The van der Waals surface area contributed by atoms with Crippen LogP contribution in [0.1, 0.15) is 11.6 Å². The lowest BCUT2D eigenvalue weighted by atomic mass is 10.1. The number of rotatable bonds is 4. The van der Waals surface area contributed by atoms with Crippen molar-refractivity contribution >= 4 is 17.4 Å². The van der Waals surface area contributed by atoms with Crippen LogP contribution in [-0.2, 0) is 0 Å². The maximum absolute atomic E-state index is 5.44. The van der Waals surface area contributed by atoms with Crippen LogP contribution in [0.25, 0.3) is 0 Å². The predicted octanol–water partition coefficient (Wildman–Crippen LogP) is 3.96. The smallest absolute Gasteiger partial charge is 0.145 e. The molecule has 3 nitrogen and oxygen atoms in total. The molecule has 0 aromatic heterocycles. The third-order valence-electron chi connectivity index (χ3n) is 3.44. The van der Waals surface area contributed by atoms with Crippen molar-refractivity contribution in [3.05, 3.63) is 48.0 Å². The number of nitrogens with one attached hydrogen (secondary N) is 1. The van der Waals surface area contributed by atoms with Crippen molar-refractivity contribution in [1.82, 2.24) is 0 Å². The Morgan fingerprint density at radius 3 is 2.75 bits per heavy atom. The maximum Gasteiger partial charge on any atom is 0.145 e. The highest BCUT2D eigenvalue weighted by atomic mass is 32.2. The summed E-state index contributed by atoms with van der Waals surface area (Å²) in [6.45, 7) is 0. The van der Waals surface area contributed by atoms with Crippen LogP contribution in [0.15, 0.2) is 47.4 Å². The Morgan fingerprint density at radius 2 is 1.95 bits per heavy atom. The van der Waals surface area contributed by atoms with E-state index in [2.05, 4.69) is 29.6 Å². The first kappa shape index (κ1) is 13.2. The Hall–Kier alpha value is -1.81. The first-order valence-electron chi connectivity index (χ1n) is 6.52. The van der Waals surface area contributed by atoms with Crippen LogP contribution in [0.4, 0.5) is 5.69 Å². The summed E-state index contributed by atoms with van der Waals surface area (Å²) in [5.41, 5.74) is 2.35. The van der Waals surface area contributed by atoms with Crippen LogP contribution in [0.5, 0.6) is 11.5 Å². The number of hydrogen-bond acceptors (Lipinski definition) is 4. The summed E-state index contributed by atoms with van der Waals surface area (Å²) in [7, 11) is 3.34. The van der Waals surface area contributed by atoms with Gasteiger partial charge in [0.05, 0.1) is 25.9 Å². The molecule has 0 aliphatic carbocycles. The van der Waals surface area contributed by atoms with Crippen molar-refractivity contribution in [2.24, 2.45) is 0 Å². The van der Waals surface area contributed by atoms with Gasteiger partial charge in [-0.15, -0.1) is 11.8 Å². The van der Waals surface area contributed by atoms with Crippen LogP contribution in [0.3, 0.4) is 0 Å². The van der Waals surface area contributed by atoms with Crippen LogP contribution in [0.2, 0.25) is 0 Å². The topological polar surface area (TPSA) is 30.5 Å². The summed E-state index contributed by atoms with van der Waals surface area (Å²) in [6.07, 6.45) is 0. The van der Waals surface area contributed by atoms with Gasteiger partial charge in [-0.05, 0) is 23.8 Å². The molecule has 20 heavy (non-hydrogen) atoms. The molecule has 1 heterocycles. The Balaban J connectivity index is 1.86. The molecule has 1 unspecified atom stereocenters. The molecule has 104 valence electrons. The minimum Gasteiger partial charge on any atom is -0.497 e. The summed E-state index contributed by atoms with van der Waals surface area (Å²) in [5.74, 6) is 2.64. The molecule has 0 amide bonds. The van der Waals surface area contributed by atoms with E-state index in [1.807, 2.05) is 30.0 Å². The zero-order valence-electron chi connectivity index (χ0n) is 11.6. The SMILES string of the molecule is COc1ccc(NC2CSc3ccccc32)c(OC)c1. The van der Waals surface area contributed by atoms with Gasteiger partial charge in [-0.3, -0.25) is 0 Å². The molecule has 4 heteroatoms. The molecule has 0 bridgehead atoms. The largest absolute Gasteiger partial charge is 0.497 e. The summed E-state index contributed by atoms with van der Waals surface area (Å²) in [4.78, 5) is 1.36. The second-order valence-corrected chi connectivity index (χ2v) is 5.67. The van der Waals surface area contributed by atoms with Crippen molar-refractivity contribution in [3.63, 3.8) is 0 Å². The molecule has 0 spiro atoms. The molecule has 0 radical (unpaired) electrons. The molecule has 2 aromatic rings. The molecule has 1 aliphatic heterocycles. The summed E-state index contributed by atoms with van der Waals surface area (Å²) >= 11 is 1.89. The zero-order valence-corrected chi connectivity index (χ0v) is 12.4. The van der Waals surface area contributed by atoms with Crippen LogP contribution in [-0.4, -0.2) is 20.0 Å². The fraction of sp³-hybridized carbons (Fsp3) is 0.250. The minimum atomic E-state index is 0.318. The van der Waals surface area contributed by atoms with Gasteiger partial charge in [0, 0.05) is 16.7 Å². The van der Waals surface area contributed by atoms with Crippen LogP contribution in [0, 0.1) is 0 Å². The van der Waals surface area contributed by atoms with Crippen LogP contribution >= 0.6 is 11.8 Å². The van der Waals surface area contributed by atoms with Crippen molar-refractivity contribution in [2.75, 3.05) is 25.3 Å². The second-order valence-electron chi connectivity index (χ2n) is 4.61. The van der Waals surface area contributed by atoms with Crippen molar-refractivity contribution < 1.29 is 9.47 Å². The third-order valence-corrected chi connectivity index (χ3v) is 4.62. The molecular formula is C16H17NO2S. The molecular weight excluding hydrogens is 270 g/mol. The number of ether oxygens (including phenoxy) is 2. The Bertz CT molecular complexity index is 615. The number of thioether (sulfide) groups is 1. The number of anilines is 1. The first-order valence-corrected chi connectivity index (χ1v) is 7.50. The molecule has 1 N–H and O–H groups in total. The van der Waals surface area contributed by atoms with E-state index in [1.165, 1.54) is 10.5 Å². The summed E-state index contributed by atoms with van der Waals surface area (Å²) in [5, 5.41) is 3.57. The van der Waals surface area contributed by atoms with E-state index in [0.717, 1.165) is 22.9 Å². The lowest BCUT2D eigenvalue weighted by molar-refractivity contribution is 0.395.